The van der Waals surface area contributed by atoms with E-state index in [4.69, 9.17) is 0 Å². The third kappa shape index (κ3) is 4.39. The Kier molecular flexibility index (Phi) is 6.71. The molecule has 1 saturated heterocycles. The number of carbonyl (C=O) groups excluding carboxylic acids is 1. The predicted octanol–water partition coefficient (Wildman–Crippen LogP) is 5.38. The Labute approximate surface area is 206 Å². The number of rotatable bonds is 7. The summed E-state index contributed by atoms with van der Waals surface area (Å²) in [6.45, 7) is 2.47. The van der Waals surface area contributed by atoms with Gasteiger partial charge in [-0.15, -0.1) is 0 Å². The van der Waals surface area contributed by atoms with Crippen molar-refractivity contribution < 1.29 is 9.90 Å². The van der Waals surface area contributed by atoms with Crippen molar-refractivity contribution in [3.63, 3.8) is 0 Å². The van der Waals surface area contributed by atoms with Crippen LogP contribution in [-0.4, -0.2) is 70.7 Å². The second kappa shape index (κ2) is 9.46. The Hall–Kier alpha value is -1.59. The molecule has 34 heavy (non-hydrogen) atoms. The second-order valence-electron chi connectivity index (χ2n) is 12.2. The fraction of sp³-hybridized carbons (Fsp3) is 0.759. The first-order valence-corrected chi connectivity index (χ1v) is 13.9. The van der Waals surface area contributed by atoms with Crippen LogP contribution in [-0.2, 0) is 5.54 Å². The van der Waals surface area contributed by atoms with Gasteiger partial charge < -0.3 is 14.9 Å². The van der Waals surface area contributed by atoms with Crippen molar-refractivity contribution >= 4 is 6.03 Å². The molecule has 1 aromatic rings. The van der Waals surface area contributed by atoms with Gasteiger partial charge in [0, 0.05) is 25.2 Å². The van der Waals surface area contributed by atoms with Gasteiger partial charge in [0.2, 0.25) is 0 Å². The number of carbonyl (C=O) groups is 1. The summed E-state index contributed by atoms with van der Waals surface area (Å²) in [4.78, 5) is 20.6. The highest BCUT2D eigenvalue weighted by molar-refractivity contribution is 5.78. The van der Waals surface area contributed by atoms with E-state index in [9.17, 15) is 9.90 Å². The van der Waals surface area contributed by atoms with Crippen molar-refractivity contribution in [2.45, 2.75) is 100 Å². The van der Waals surface area contributed by atoms with Crippen LogP contribution >= 0.6 is 0 Å². The van der Waals surface area contributed by atoms with E-state index in [-0.39, 0.29) is 17.1 Å². The van der Waals surface area contributed by atoms with Crippen LogP contribution in [0.4, 0.5) is 4.79 Å². The van der Waals surface area contributed by atoms with E-state index < -0.39 is 5.60 Å². The summed E-state index contributed by atoms with van der Waals surface area (Å²) in [6, 6.07) is 11.2. The number of nitrogens with zero attached hydrogens (tertiary/aromatic N) is 3. The maximum absolute atomic E-state index is 13.8. The van der Waals surface area contributed by atoms with Crippen molar-refractivity contribution in [1.29, 1.82) is 0 Å². The van der Waals surface area contributed by atoms with Crippen LogP contribution in [0.1, 0.15) is 89.0 Å². The molecule has 0 atom stereocenters. The fourth-order valence-electron chi connectivity index (χ4n) is 7.36. The van der Waals surface area contributed by atoms with Crippen molar-refractivity contribution in [2.24, 2.45) is 5.92 Å². The zero-order chi connectivity index (χ0) is 23.8. The Bertz CT molecular complexity index is 836. The zero-order valence-corrected chi connectivity index (χ0v) is 21.5. The molecule has 5 heteroatoms. The molecule has 1 heterocycles. The van der Waals surface area contributed by atoms with Crippen LogP contribution in [0.5, 0.6) is 0 Å². The topological polar surface area (TPSA) is 47.0 Å². The van der Waals surface area contributed by atoms with E-state index in [1.165, 1.54) is 31.2 Å². The average Bonchev–Trinajstić information content (AvgIpc) is 3.07. The first kappa shape index (κ1) is 24.1. The molecule has 1 spiro atoms. The molecule has 0 bridgehead atoms. The maximum atomic E-state index is 13.8. The lowest BCUT2D eigenvalue weighted by Gasteiger charge is -2.51. The highest BCUT2D eigenvalue weighted by Crippen LogP contribution is 2.49. The van der Waals surface area contributed by atoms with E-state index in [1.54, 1.807) is 0 Å². The van der Waals surface area contributed by atoms with Gasteiger partial charge in [0.25, 0.3) is 0 Å². The van der Waals surface area contributed by atoms with Gasteiger partial charge in [-0.2, -0.15) is 0 Å². The molecule has 2 amide bonds. The summed E-state index contributed by atoms with van der Waals surface area (Å²) in [5.74, 6) is 0.679. The molecule has 5 nitrogen and oxygen atoms in total. The average molecular weight is 468 g/mol. The lowest BCUT2D eigenvalue weighted by atomic mass is 9.68. The van der Waals surface area contributed by atoms with Crippen molar-refractivity contribution in [1.82, 2.24) is 14.7 Å². The van der Waals surface area contributed by atoms with Gasteiger partial charge in [-0.1, -0.05) is 56.0 Å². The minimum Gasteiger partial charge on any atom is -0.390 e. The van der Waals surface area contributed by atoms with Crippen LogP contribution in [0.25, 0.3) is 0 Å². The molecule has 188 valence electrons. The lowest BCUT2D eigenvalue weighted by molar-refractivity contribution is -0.00925. The predicted molar refractivity (Wildman–Crippen MR) is 137 cm³/mol. The summed E-state index contributed by atoms with van der Waals surface area (Å²) in [7, 11) is 4.43. The van der Waals surface area contributed by atoms with E-state index in [2.05, 4.69) is 59.1 Å². The second-order valence-corrected chi connectivity index (χ2v) is 12.2. The van der Waals surface area contributed by atoms with Gasteiger partial charge in [-0.3, -0.25) is 4.90 Å². The molecule has 1 aliphatic heterocycles. The van der Waals surface area contributed by atoms with Crippen LogP contribution < -0.4 is 0 Å². The van der Waals surface area contributed by atoms with Gasteiger partial charge in [-0.05, 0) is 83.4 Å². The van der Waals surface area contributed by atoms with Crippen LogP contribution in [0.3, 0.4) is 0 Å². The molecule has 3 aliphatic carbocycles. The van der Waals surface area contributed by atoms with E-state index in [0.29, 0.717) is 12.5 Å². The molecule has 1 N–H and O–H groups in total. The molecular weight excluding hydrogens is 422 g/mol. The van der Waals surface area contributed by atoms with E-state index >= 15 is 0 Å². The lowest BCUT2D eigenvalue weighted by Crippen LogP contribution is -2.56. The summed E-state index contributed by atoms with van der Waals surface area (Å²) in [5.41, 5.74) is 0.840. The zero-order valence-electron chi connectivity index (χ0n) is 21.5. The summed E-state index contributed by atoms with van der Waals surface area (Å²) >= 11 is 0. The number of benzene rings is 1. The maximum Gasteiger partial charge on any atom is 0.320 e. The third-order valence-corrected chi connectivity index (χ3v) is 10.0. The fourth-order valence-corrected chi connectivity index (χ4v) is 7.36. The van der Waals surface area contributed by atoms with Gasteiger partial charge in [-0.25, -0.2) is 4.79 Å². The summed E-state index contributed by atoms with van der Waals surface area (Å²) < 4.78 is 0. The van der Waals surface area contributed by atoms with Gasteiger partial charge in [0.05, 0.1) is 11.1 Å². The molecule has 0 unspecified atom stereocenters. The normalized spacial score (nSPS) is 31.9. The summed E-state index contributed by atoms with van der Waals surface area (Å²) in [6.07, 6.45) is 14.1. The van der Waals surface area contributed by atoms with Crippen LogP contribution in [0, 0.1) is 5.92 Å². The summed E-state index contributed by atoms with van der Waals surface area (Å²) in [5, 5.41) is 11.1. The molecule has 4 aliphatic rings. The highest BCUT2D eigenvalue weighted by Gasteiger charge is 2.55. The third-order valence-electron chi connectivity index (χ3n) is 10.0. The quantitative estimate of drug-likeness (QED) is 0.586. The van der Waals surface area contributed by atoms with Crippen molar-refractivity contribution in [3.8, 4) is 0 Å². The number of hydrogen-bond donors (Lipinski definition) is 1. The Balaban J connectivity index is 1.34. The van der Waals surface area contributed by atoms with Crippen molar-refractivity contribution in [2.75, 3.05) is 33.7 Å². The molecule has 0 radical (unpaired) electrons. The number of amides is 2. The van der Waals surface area contributed by atoms with E-state index in [1.807, 2.05) is 0 Å². The monoisotopic (exact) mass is 467 g/mol. The van der Waals surface area contributed by atoms with Gasteiger partial charge in [0.15, 0.2) is 0 Å². The Morgan fingerprint density at radius 3 is 2.21 bits per heavy atom. The van der Waals surface area contributed by atoms with Crippen LogP contribution in [0.15, 0.2) is 30.3 Å². The standard InChI is InChI=1S/C29H45N3O2/c1-30(2)29(25-12-5-3-6-13-25)18-16-27(17-19-29)23-31(21-20-28(34)14-7-4-8-15-28)26(33)32(27)22-24-10-9-11-24/h3,5-6,12-13,24,34H,4,7-11,14-23H2,1-2H3. The largest absolute Gasteiger partial charge is 0.390 e. The first-order chi connectivity index (χ1) is 16.4. The number of aliphatic hydroxyl groups is 1. The number of hydrogen-bond acceptors (Lipinski definition) is 3. The van der Waals surface area contributed by atoms with Crippen molar-refractivity contribution in [3.05, 3.63) is 35.9 Å². The molecule has 5 rings (SSSR count). The molecule has 4 fully saturated rings. The molecule has 1 aromatic carbocycles. The SMILES string of the molecule is CN(C)C1(c2ccccc2)CCC2(CC1)CN(CCC1(O)CCCCC1)C(=O)N2CC1CCC1. The minimum atomic E-state index is -0.562. The molecule has 0 aromatic heterocycles. The van der Waals surface area contributed by atoms with Gasteiger partial charge >= 0.3 is 6.03 Å². The number of urea groups is 1. The minimum absolute atomic E-state index is 0.0440. The molecule has 3 saturated carbocycles. The highest BCUT2D eigenvalue weighted by atomic mass is 16.3. The first-order valence-electron chi connectivity index (χ1n) is 13.9. The van der Waals surface area contributed by atoms with Gasteiger partial charge in [0.1, 0.15) is 0 Å². The molecular formula is C29H45N3O2. The van der Waals surface area contributed by atoms with Crippen LogP contribution in [0.2, 0.25) is 0 Å². The smallest absolute Gasteiger partial charge is 0.320 e. The Morgan fingerprint density at radius 1 is 0.941 bits per heavy atom. The van der Waals surface area contributed by atoms with E-state index in [0.717, 1.165) is 70.9 Å². The Morgan fingerprint density at radius 2 is 1.62 bits per heavy atom.